The van der Waals surface area contributed by atoms with E-state index in [4.69, 9.17) is 14.2 Å². The number of hydrogen-bond donors (Lipinski definition) is 0. The van der Waals surface area contributed by atoms with E-state index in [2.05, 4.69) is 4.99 Å². The minimum absolute atomic E-state index is 0.0424. The molecule has 2 heterocycles. The zero-order chi connectivity index (χ0) is 23.6. The van der Waals surface area contributed by atoms with Gasteiger partial charge in [0, 0.05) is 10.9 Å². The number of aliphatic imine (C=N–C) groups is 1. The maximum Gasteiger partial charge on any atom is 0.252 e. The SMILES string of the molecule is CCOc1ccc(N2C(=NC(=O)Cc3ccc(OC)c(OC)c3)S[C@@H]3CS(=O)(=O)C[C@H]32)cc1. The molecule has 0 N–H and O–H groups in total. The summed E-state index contributed by atoms with van der Waals surface area (Å²) < 4.78 is 40.6. The number of thioether (sulfide) groups is 1. The van der Waals surface area contributed by atoms with E-state index in [1.165, 1.54) is 11.8 Å². The predicted octanol–water partition coefficient (Wildman–Crippen LogP) is 2.95. The molecule has 2 fully saturated rings. The van der Waals surface area contributed by atoms with Crippen LogP contribution < -0.4 is 19.1 Å². The number of amidine groups is 1. The van der Waals surface area contributed by atoms with Crippen LogP contribution in [0.4, 0.5) is 5.69 Å². The number of anilines is 1. The molecule has 0 unspecified atom stereocenters. The molecule has 4 rings (SSSR count). The molecule has 2 saturated heterocycles. The highest BCUT2D eigenvalue weighted by Crippen LogP contribution is 2.41. The van der Waals surface area contributed by atoms with Gasteiger partial charge in [0.1, 0.15) is 5.75 Å². The van der Waals surface area contributed by atoms with Crippen LogP contribution in [0.5, 0.6) is 17.2 Å². The van der Waals surface area contributed by atoms with Crippen molar-refractivity contribution in [3.63, 3.8) is 0 Å². The first-order valence-corrected chi connectivity index (χ1v) is 13.2. The summed E-state index contributed by atoms with van der Waals surface area (Å²) in [5.74, 6) is 1.67. The van der Waals surface area contributed by atoms with E-state index in [0.29, 0.717) is 23.3 Å². The zero-order valence-electron chi connectivity index (χ0n) is 18.7. The number of amides is 1. The molecule has 0 aromatic heterocycles. The third-order valence-corrected chi connectivity index (χ3v) is 8.73. The smallest absolute Gasteiger partial charge is 0.252 e. The molecule has 2 aromatic rings. The summed E-state index contributed by atoms with van der Waals surface area (Å²) in [6.45, 7) is 2.47. The standard InChI is InChI=1S/C23H26N2O6S2/c1-4-31-17-8-6-16(7-9-17)25-18-13-33(27,28)14-21(18)32-23(25)24-22(26)12-15-5-10-19(29-2)20(11-15)30-3/h5-11,18,21H,4,12-14H2,1-3H3/t18-,21-/m1/s1. The number of methoxy groups -OCH3 is 2. The molecular formula is C23H26N2O6S2. The van der Waals surface area contributed by atoms with Crippen molar-refractivity contribution in [3.8, 4) is 17.2 Å². The Balaban J connectivity index is 1.60. The van der Waals surface area contributed by atoms with E-state index in [1.54, 1.807) is 32.4 Å². The lowest BCUT2D eigenvalue weighted by atomic mass is 10.1. The van der Waals surface area contributed by atoms with Crippen LogP contribution in [-0.2, 0) is 21.1 Å². The van der Waals surface area contributed by atoms with Gasteiger partial charge in [-0.2, -0.15) is 4.99 Å². The quantitative estimate of drug-likeness (QED) is 0.585. The van der Waals surface area contributed by atoms with Crippen molar-refractivity contribution >= 4 is 38.4 Å². The molecule has 8 nitrogen and oxygen atoms in total. The van der Waals surface area contributed by atoms with E-state index in [9.17, 15) is 13.2 Å². The van der Waals surface area contributed by atoms with Crippen molar-refractivity contribution in [2.24, 2.45) is 4.99 Å². The molecule has 0 bridgehead atoms. The van der Waals surface area contributed by atoms with E-state index in [0.717, 1.165) is 17.0 Å². The highest BCUT2D eigenvalue weighted by atomic mass is 32.2. The maximum absolute atomic E-state index is 12.8. The molecule has 2 aromatic carbocycles. The van der Waals surface area contributed by atoms with Gasteiger partial charge in [-0.05, 0) is 48.9 Å². The number of fused-ring (bicyclic) bond motifs is 1. The molecule has 2 atom stereocenters. The van der Waals surface area contributed by atoms with Crippen LogP contribution >= 0.6 is 11.8 Å². The highest BCUT2D eigenvalue weighted by Gasteiger charge is 2.49. The Morgan fingerprint density at radius 2 is 1.82 bits per heavy atom. The fraction of sp³-hybridized carbons (Fsp3) is 0.391. The van der Waals surface area contributed by atoms with E-state index >= 15 is 0 Å². The predicted molar refractivity (Wildman–Crippen MR) is 130 cm³/mol. The van der Waals surface area contributed by atoms with Crippen LogP contribution in [0, 0.1) is 0 Å². The first-order valence-electron chi connectivity index (χ1n) is 10.5. The number of sulfone groups is 1. The maximum atomic E-state index is 12.8. The summed E-state index contributed by atoms with van der Waals surface area (Å²) in [6.07, 6.45) is 0.0924. The lowest BCUT2D eigenvalue weighted by Crippen LogP contribution is -2.37. The molecule has 2 aliphatic rings. The number of carbonyl (C=O) groups excluding carboxylic acids is 1. The van der Waals surface area contributed by atoms with Gasteiger partial charge in [0.2, 0.25) is 0 Å². The number of nitrogens with zero attached hydrogens (tertiary/aromatic N) is 2. The Kier molecular flexibility index (Phi) is 6.85. The molecule has 10 heteroatoms. The molecular weight excluding hydrogens is 464 g/mol. The largest absolute Gasteiger partial charge is 0.494 e. The van der Waals surface area contributed by atoms with Gasteiger partial charge in [0.05, 0.1) is 44.8 Å². The molecule has 2 aliphatic heterocycles. The number of rotatable bonds is 7. The lowest BCUT2D eigenvalue weighted by molar-refractivity contribution is -0.117. The fourth-order valence-corrected chi connectivity index (χ4v) is 7.98. The molecule has 176 valence electrons. The third kappa shape index (κ3) is 5.11. The molecule has 1 amide bonds. The third-order valence-electron chi connectivity index (χ3n) is 5.52. The first kappa shape index (κ1) is 23.4. The van der Waals surface area contributed by atoms with E-state index in [-0.39, 0.29) is 35.1 Å². The monoisotopic (exact) mass is 490 g/mol. The van der Waals surface area contributed by atoms with Gasteiger partial charge in [-0.3, -0.25) is 4.79 Å². The van der Waals surface area contributed by atoms with Crippen molar-refractivity contribution in [3.05, 3.63) is 48.0 Å². The van der Waals surface area contributed by atoms with Gasteiger partial charge in [-0.15, -0.1) is 0 Å². The Labute approximate surface area is 197 Å². The van der Waals surface area contributed by atoms with Gasteiger partial charge >= 0.3 is 0 Å². The molecule has 0 saturated carbocycles. The molecule has 0 radical (unpaired) electrons. The minimum Gasteiger partial charge on any atom is -0.494 e. The van der Waals surface area contributed by atoms with Crippen molar-refractivity contribution in [1.29, 1.82) is 0 Å². The number of carbonyl (C=O) groups is 1. The lowest BCUT2D eigenvalue weighted by Gasteiger charge is -2.24. The summed E-state index contributed by atoms with van der Waals surface area (Å²) in [5, 5.41) is 0.365. The van der Waals surface area contributed by atoms with Crippen LogP contribution in [0.15, 0.2) is 47.5 Å². The molecule has 0 aliphatic carbocycles. The van der Waals surface area contributed by atoms with Gasteiger partial charge in [0.25, 0.3) is 5.91 Å². The summed E-state index contributed by atoms with van der Waals surface area (Å²) >= 11 is 1.35. The van der Waals surface area contributed by atoms with Crippen molar-refractivity contribution in [1.82, 2.24) is 0 Å². The van der Waals surface area contributed by atoms with Gasteiger partial charge in [0.15, 0.2) is 26.5 Å². The summed E-state index contributed by atoms with van der Waals surface area (Å²) in [6, 6.07) is 12.5. The summed E-state index contributed by atoms with van der Waals surface area (Å²) in [7, 11) is -0.0347. The number of hydrogen-bond acceptors (Lipinski definition) is 7. The summed E-state index contributed by atoms with van der Waals surface area (Å²) in [5.41, 5.74) is 1.54. The van der Waals surface area contributed by atoms with Crippen LogP contribution in [0.3, 0.4) is 0 Å². The first-order chi connectivity index (χ1) is 15.8. The second kappa shape index (κ2) is 9.64. The van der Waals surface area contributed by atoms with Crippen molar-refractivity contribution in [2.45, 2.75) is 24.6 Å². The number of benzene rings is 2. The fourth-order valence-electron chi connectivity index (χ4n) is 4.05. The van der Waals surface area contributed by atoms with E-state index < -0.39 is 9.84 Å². The average molecular weight is 491 g/mol. The van der Waals surface area contributed by atoms with Crippen LogP contribution in [-0.4, -0.2) is 63.1 Å². The Bertz CT molecular complexity index is 1160. The van der Waals surface area contributed by atoms with Gasteiger partial charge in [-0.1, -0.05) is 17.8 Å². The summed E-state index contributed by atoms with van der Waals surface area (Å²) in [4.78, 5) is 19.1. The second-order valence-corrected chi connectivity index (χ2v) is 11.1. The molecule has 33 heavy (non-hydrogen) atoms. The van der Waals surface area contributed by atoms with Gasteiger partial charge < -0.3 is 19.1 Å². The minimum atomic E-state index is -3.13. The topological polar surface area (TPSA) is 94.5 Å². The van der Waals surface area contributed by atoms with Gasteiger partial charge in [-0.25, -0.2) is 8.42 Å². The number of ether oxygens (including phenoxy) is 3. The zero-order valence-corrected chi connectivity index (χ0v) is 20.3. The second-order valence-electron chi connectivity index (χ2n) is 7.75. The molecule has 0 spiro atoms. The average Bonchev–Trinajstić information content (AvgIpc) is 3.25. The van der Waals surface area contributed by atoms with Crippen molar-refractivity contribution < 1.29 is 27.4 Å². The van der Waals surface area contributed by atoms with Crippen molar-refractivity contribution in [2.75, 3.05) is 37.2 Å². The Morgan fingerprint density at radius 1 is 1.09 bits per heavy atom. The Hall–Kier alpha value is -2.72. The highest BCUT2D eigenvalue weighted by molar-refractivity contribution is 8.16. The van der Waals surface area contributed by atoms with Crippen LogP contribution in [0.1, 0.15) is 12.5 Å². The normalized spacial score (nSPS) is 22.3. The van der Waals surface area contributed by atoms with Crippen LogP contribution in [0.2, 0.25) is 0 Å². The Morgan fingerprint density at radius 3 is 2.48 bits per heavy atom. The van der Waals surface area contributed by atoms with E-state index in [1.807, 2.05) is 36.1 Å². The van der Waals surface area contributed by atoms with Crippen LogP contribution in [0.25, 0.3) is 0 Å².